The van der Waals surface area contributed by atoms with Gasteiger partial charge in [0.1, 0.15) is 12.2 Å². The Morgan fingerprint density at radius 3 is 2.08 bits per heavy atom. The van der Waals surface area contributed by atoms with Gasteiger partial charge in [-0.05, 0) is 48.3 Å². The van der Waals surface area contributed by atoms with E-state index in [0.717, 1.165) is 12.5 Å². The van der Waals surface area contributed by atoms with Crippen LogP contribution in [-0.4, -0.2) is 98.5 Å². The molecular formula is C47H53NO12S. The van der Waals surface area contributed by atoms with Crippen molar-refractivity contribution in [1.82, 2.24) is 5.32 Å². The van der Waals surface area contributed by atoms with Gasteiger partial charge < -0.3 is 39.6 Å². The molecule has 11 atom stereocenters. The second-order valence-electron chi connectivity index (χ2n) is 17.4. The zero-order chi connectivity index (χ0) is 44.1. The van der Waals surface area contributed by atoms with Crippen LogP contribution in [0.25, 0.3) is 0 Å². The molecule has 0 aromatic heterocycles. The minimum Gasteiger partial charge on any atom is -0.456 e. The number of ketones is 1. The molecule has 4 aliphatic rings. The van der Waals surface area contributed by atoms with E-state index >= 15 is 4.79 Å². The molecule has 1 aliphatic heterocycles. The van der Waals surface area contributed by atoms with Crippen LogP contribution in [0.5, 0.6) is 0 Å². The first-order valence-electron chi connectivity index (χ1n) is 20.5. The normalized spacial score (nSPS) is 32.3. The van der Waals surface area contributed by atoms with Gasteiger partial charge in [0.25, 0.3) is 5.91 Å². The Bertz CT molecular complexity index is 2200. The number of thioether (sulfide) groups is 1. The number of aliphatic hydroxyl groups is 3. The smallest absolute Gasteiger partial charge is 0.338 e. The maximum Gasteiger partial charge on any atom is 0.338 e. The lowest BCUT2D eigenvalue weighted by Crippen LogP contribution is -2.81. The number of esters is 3. The van der Waals surface area contributed by atoms with Crippen LogP contribution < -0.4 is 5.32 Å². The number of Topliss-reactive ketones (excluding diaryl/α,β-unsaturated/α-hetero) is 1. The van der Waals surface area contributed by atoms with E-state index in [9.17, 15) is 34.5 Å². The van der Waals surface area contributed by atoms with Crippen LogP contribution in [0.2, 0.25) is 0 Å². The van der Waals surface area contributed by atoms with Crippen LogP contribution in [0.4, 0.5) is 0 Å². The van der Waals surface area contributed by atoms with Gasteiger partial charge in [0.2, 0.25) is 0 Å². The summed E-state index contributed by atoms with van der Waals surface area (Å²) in [7, 11) is 0. The topological polar surface area (TPSA) is 195 Å². The first kappa shape index (κ1) is 44.2. The highest BCUT2D eigenvalue weighted by Gasteiger charge is 2.77. The van der Waals surface area contributed by atoms with Gasteiger partial charge in [-0.15, -0.1) is 0 Å². The van der Waals surface area contributed by atoms with E-state index in [1.54, 1.807) is 88.4 Å². The molecule has 4 N–H and O–H groups in total. The molecule has 0 unspecified atom stereocenters. The summed E-state index contributed by atoms with van der Waals surface area (Å²) in [5, 5.41) is 39.5. The lowest BCUT2D eigenvalue weighted by molar-refractivity contribution is -0.325. The van der Waals surface area contributed by atoms with Crippen molar-refractivity contribution in [2.24, 2.45) is 16.7 Å². The van der Waals surface area contributed by atoms with Gasteiger partial charge in [-0.2, -0.15) is 11.8 Å². The van der Waals surface area contributed by atoms with E-state index in [2.05, 4.69) is 5.32 Å². The standard InChI is InChI=1S/C47H53NO12S/c1-26-32(59-43(55)37(52)36(30-18-12-8-13-19-30)48-42(54)31-20-14-9-15-21-31)23-47(56)41(61-24-29-16-10-7-11-17-29)39-45(6,33(51)22-34-46(39,25-57-34)60-28(3)50)40(53)38(58-27(2)49)35(26)44(47,4)5/h7-21,32-34,36-39,41,51-52,56H,22-25H2,1-6H3,(H,48,54)/t32-,33-,34+,36-,37+,38+,39-,41-,45+,46-,47+/m0/s1. The minimum atomic E-state index is -1.97. The predicted molar refractivity (Wildman–Crippen MR) is 224 cm³/mol. The molecule has 0 spiro atoms. The minimum absolute atomic E-state index is 0.0732. The Labute approximate surface area is 359 Å². The fourth-order valence-corrected chi connectivity index (χ4v) is 12.2. The second kappa shape index (κ2) is 16.8. The fourth-order valence-electron chi connectivity index (χ4n) is 10.3. The van der Waals surface area contributed by atoms with E-state index in [4.69, 9.17) is 18.9 Å². The molecular weight excluding hydrogens is 803 g/mol. The van der Waals surface area contributed by atoms with Crippen molar-refractivity contribution >= 4 is 41.4 Å². The molecule has 0 radical (unpaired) electrons. The zero-order valence-corrected chi connectivity index (χ0v) is 35.8. The van der Waals surface area contributed by atoms with Crippen molar-refractivity contribution in [3.8, 4) is 0 Å². The van der Waals surface area contributed by atoms with E-state index < -0.39 is 99.4 Å². The van der Waals surface area contributed by atoms with Gasteiger partial charge in [-0.3, -0.25) is 19.2 Å². The number of nitrogens with one attached hydrogen (secondary N) is 1. The summed E-state index contributed by atoms with van der Waals surface area (Å²) in [4.78, 5) is 69.3. The summed E-state index contributed by atoms with van der Waals surface area (Å²) < 4.78 is 24.3. The number of aliphatic hydroxyl groups excluding tert-OH is 2. The van der Waals surface area contributed by atoms with Crippen LogP contribution >= 0.6 is 11.8 Å². The lowest BCUT2D eigenvalue weighted by Gasteiger charge is -2.68. The molecule has 1 amide bonds. The van der Waals surface area contributed by atoms with Crippen molar-refractivity contribution in [3.05, 3.63) is 119 Å². The summed E-state index contributed by atoms with van der Waals surface area (Å²) in [5.41, 5.74) is -4.55. The fraction of sp³-hybridized carbons (Fsp3) is 0.468. The molecule has 1 saturated heterocycles. The van der Waals surface area contributed by atoms with Crippen molar-refractivity contribution in [3.63, 3.8) is 0 Å². The third-order valence-corrected chi connectivity index (χ3v) is 15.0. The lowest BCUT2D eigenvalue weighted by atomic mass is 9.45. The van der Waals surface area contributed by atoms with Crippen molar-refractivity contribution in [1.29, 1.82) is 0 Å². The van der Waals surface area contributed by atoms with Crippen LogP contribution in [-0.2, 0) is 43.9 Å². The van der Waals surface area contributed by atoms with Gasteiger partial charge in [-0.1, -0.05) is 92.7 Å². The quantitative estimate of drug-likeness (QED) is 0.117. The number of hydrogen-bond donors (Lipinski definition) is 4. The molecule has 14 heteroatoms. The molecule has 2 bridgehead atoms. The maximum atomic E-state index is 15.5. The molecule has 7 rings (SSSR count). The Balaban J connectivity index is 1.37. The number of benzene rings is 3. The Morgan fingerprint density at radius 2 is 1.51 bits per heavy atom. The summed E-state index contributed by atoms with van der Waals surface area (Å²) in [6.07, 6.45) is -7.50. The van der Waals surface area contributed by atoms with Crippen LogP contribution in [0.1, 0.15) is 81.9 Å². The summed E-state index contributed by atoms with van der Waals surface area (Å²) in [6.45, 7) is 8.94. The highest BCUT2D eigenvalue weighted by molar-refractivity contribution is 7.99. The number of hydrogen-bond acceptors (Lipinski definition) is 13. The Hall–Kier alpha value is -4.86. The largest absolute Gasteiger partial charge is 0.456 e. The van der Waals surface area contributed by atoms with Crippen LogP contribution in [0.15, 0.2) is 102 Å². The highest BCUT2D eigenvalue weighted by atomic mass is 32.2. The summed E-state index contributed by atoms with van der Waals surface area (Å²) >= 11 is 1.32. The Morgan fingerprint density at radius 1 is 0.902 bits per heavy atom. The second-order valence-corrected chi connectivity index (χ2v) is 18.5. The third-order valence-electron chi connectivity index (χ3n) is 13.5. The number of carbonyl (C=O) groups is 5. The molecule has 3 fully saturated rings. The van der Waals surface area contributed by atoms with E-state index in [1.165, 1.54) is 18.7 Å². The summed E-state index contributed by atoms with van der Waals surface area (Å²) in [6, 6.07) is 25.0. The predicted octanol–water partition coefficient (Wildman–Crippen LogP) is 4.81. The van der Waals surface area contributed by atoms with E-state index in [1.807, 2.05) is 30.3 Å². The van der Waals surface area contributed by atoms with E-state index in [-0.39, 0.29) is 25.0 Å². The van der Waals surface area contributed by atoms with Crippen molar-refractivity contribution < 1.29 is 58.2 Å². The van der Waals surface area contributed by atoms with Gasteiger partial charge in [-0.25, -0.2) is 4.79 Å². The average Bonchev–Trinajstić information content (AvgIpc) is 3.22. The van der Waals surface area contributed by atoms with Crippen molar-refractivity contribution in [2.75, 3.05) is 6.61 Å². The van der Waals surface area contributed by atoms with Gasteiger partial charge in [0, 0.05) is 54.6 Å². The zero-order valence-electron chi connectivity index (χ0n) is 35.0. The molecule has 3 aliphatic carbocycles. The first-order valence-corrected chi connectivity index (χ1v) is 21.5. The molecule has 61 heavy (non-hydrogen) atoms. The Kier molecular flexibility index (Phi) is 12.2. The molecule has 1 heterocycles. The number of rotatable bonds is 11. The highest BCUT2D eigenvalue weighted by Crippen LogP contribution is 2.66. The molecule has 324 valence electrons. The third kappa shape index (κ3) is 7.60. The van der Waals surface area contributed by atoms with Crippen LogP contribution in [0.3, 0.4) is 0 Å². The monoisotopic (exact) mass is 855 g/mol. The molecule has 2 saturated carbocycles. The van der Waals surface area contributed by atoms with E-state index in [0.29, 0.717) is 22.5 Å². The molecule has 3 aromatic carbocycles. The first-order chi connectivity index (χ1) is 28.9. The number of ether oxygens (including phenoxy) is 4. The summed E-state index contributed by atoms with van der Waals surface area (Å²) in [5.74, 6) is -4.63. The number of fused-ring (bicyclic) bond motifs is 5. The SMILES string of the molecule is CC(=O)O[C@H]1C(=O)[C@@]2(C)[C@H]([C@H](SCc3ccccc3)[C@]3(O)C[C@H](OC(=O)[C@H](O)[C@@H](NC(=O)c4ccccc4)c4ccccc4)C(C)=C1C3(C)C)[C@]1(OC(C)=O)CO[C@@H]1C[C@@H]2O. The average molecular weight is 856 g/mol. The molecule has 3 aromatic rings. The van der Waals surface area contributed by atoms with Gasteiger partial charge >= 0.3 is 17.9 Å². The van der Waals surface area contributed by atoms with Gasteiger partial charge in [0.15, 0.2) is 23.6 Å². The maximum absolute atomic E-state index is 15.5. The number of amides is 1. The van der Waals surface area contributed by atoms with Crippen LogP contribution in [0, 0.1) is 16.7 Å². The van der Waals surface area contributed by atoms with Crippen molar-refractivity contribution in [2.45, 2.75) is 113 Å². The molecule has 13 nitrogen and oxygen atoms in total. The number of carbonyl (C=O) groups excluding carboxylic acids is 5. The van der Waals surface area contributed by atoms with Gasteiger partial charge in [0.05, 0.1) is 29.8 Å².